The smallest absolute Gasteiger partial charge is 0.265 e. The molecule has 0 bridgehead atoms. The van der Waals surface area contributed by atoms with E-state index in [0.717, 1.165) is 5.56 Å². The predicted octanol–water partition coefficient (Wildman–Crippen LogP) is 2.13. The molecular formula is C15H16N2O2. The SMILES string of the molecule is CNNC(=O)c1cccc(OCc2ccccc2)c1. The Hall–Kier alpha value is -2.33. The first-order valence-electron chi connectivity index (χ1n) is 6.03. The second-order valence-corrected chi connectivity index (χ2v) is 4.01. The van der Waals surface area contributed by atoms with Crippen molar-refractivity contribution in [3.05, 3.63) is 65.7 Å². The van der Waals surface area contributed by atoms with Gasteiger partial charge in [-0.25, -0.2) is 5.43 Å². The van der Waals surface area contributed by atoms with Crippen molar-refractivity contribution < 1.29 is 9.53 Å². The van der Waals surface area contributed by atoms with Gasteiger partial charge in [-0.05, 0) is 23.8 Å². The zero-order valence-electron chi connectivity index (χ0n) is 10.7. The van der Waals surface area contributed by atoms with E-state index in [1.54, 1.807) is 25.2 Å². The topological polar surface area (TPSA) is 50.4 Å². The van der Waals surface area contributed by atoms with Crippen LogP contribution in [-0.4, -0.2) is 13.0 Å². The number of carbonyl (C=O) groups is 1. The molecule has 4 heteroatoms. The number of ether oxygens (including phenoxy) is 1. The Kier molecular flexibility index (Phi) is 4.53. The van der Waals surface area contributed by atoms with E-state index in [1.165, 1.54) is 0 Å². The Balaban J connectivity index is 2.01. The van der Waals surface area contributed by atoms with Crippen molar-refractivity contribution in [2.45, 2.75) is 6.61 Å². The quantitative estimate of drug-likeness (QED) is 0.806. The summed E-state index contributed by atoms with van der Waals surface area (Å²) in [6, 6.07) is 17.0. The summed E-state index contributed by atoms with van der Waals surface area (Å²) < 4.78 is 5.66. The van der Waals surface area contributed by atoms with E-state index in [9.17, 15) is 4.79 Å². The van der Waals surface area contributed by atoms with Crippen LogP contribution in [0.5, 0.6) is 5.75 Å². The summed E-state index contributed by atoms with van der Waals surface area (Å²) in [4.78, 5) is 11.6. The Morgan fingerprint density at radius 1 is 1.11 bits per heavy atom. The first kappa shape index (κ1) is 13.1. The van der Waals surface area contributed by atoms with Crippen LogP contribution in [0, 0.1) is 0 Å². The highest BCUT2D eigenvalue weighted by atomic mass is 16.5. The van der Waals surface area contributed by atoms with Crippen LogP contribution in [0.2, 0.25) is 0 Å². The first-order chi connectivity index (χ1) is 9.29. The zero-order chi connectivity index (χ0) is 13.5. The maximum Gasteiger partial charge on any atom is 0.265 e. The second kappa shape index (κ2) is 6.56. The van der Waals surface area contributed by atoms with Crippen LogP contribution < -0.4 is 15.6 Å². The molecule has 98 valence electrons. The number of hydrogen-bond acceptors (Lipinski definition) is 3. The molecule has 2 aromatic rings. The van der Waals surface area contributed by atoms with Crippen LogP contribution in [0.15, 0.2) is 54.6 Å². The van der Waals surface area contributed by atoms with Crippen molar-refractivity contribution in [3.63, 3.8) is 0 Å². The number of nitrogens with one attached hydrogen (secondary N) is 2. The predicted molar refractivity (Wildman–Crippen MR) is 73.7 cm³/mol. The Bertz CT molecular complexity index is 541. The lowest BCUT2D eigenvalue weighted by Crippen LogP contribution is -2.34. The molecular weight excluding hydrogens is 240 g/mol. The molecule has 0 atom stereocenters. The van der Waals surface area contributed by atoms with Gasteiger partial charge in [0, 0.05) is 12.6 Å². The highest BCUT2D eigenvalue weighted by Crippen LogP contribution is 2.15. The summed E-state index contributed by atoms with van der Waals surface area (Å²) in [6.07, 6.45) is 0. The van der Waals surface area contributed by atoms with E-state index in [2.05, 4.69) is 10.9 Å². The molecule has 0 saturated carbocycles. The zero-order valence-corrected chi connectivity index (χ0v) is 10.7. The molecule has 4 nitrogen and oxygen atoms in total. The minimum atomic E-state index is -0.187. The average Bonchev–Trinajstić information content (AvgIpc) is 2.47. The maximum atomic E-state index is 11.6. The molecule has 0 aliphatic carbocycles. The molecule has 2 N–H and O–H groups in total. The van der Waals surface area contributed by atoms with Crippen LogP contribution in [0.3, 0.4) is 0 Å². The molecule has 0 fully saturated rings. The molecule has 0 saturated heterocycles. The number of benzene rings is 2. The fourth-order valence-electron chi connectivity index (χ4n) is 1.65. The van der Waals surface area contributed by atoms with E-state index in [4.69, 9.17) is 4.74 Å². The molecule has 0 aliphatic heterocycles. The standard InChI is InChI=1S/C15H16N2O2/c1-16-17-15(18)13-8-5-9-14(10-13)19-11-12-6-3-2-4-7-12/h2-10,16H,11H2,1H3,(H,17,18). The largest absolute Gasteiger partial charge is 0.489 e. The third-order valence-corrected chi connectivity index (χ3v) is 2.58. The van der Waals surface area contributed by atoms with Crippen molar-refractivity contribution in [2.75, 3.05) is 7.05 Å². The van der Waals surface area contributed by atoms with Gasteiger partial charge in [-0.1, -0.05) is 36.4 Å². The van der Waals surface area contributed by atoms with Gasteiger partial charge < -0.3 is 4.74 Å². The van der Waals surface area contributed by atoms with Crippen LogP contribution in [0.25, 0.3) is 0 Å². The highest BCUT2D eigenvalue weighted by Gasteiger charge is 2.05. The van der Waals surface area contributed by atoms with Gasteiger partial charge in [-0.15, -0.1) is 0 Å². The summed E-state index contributed by atoms with van der Waals surface area (Å²) >= 11 is 0. The van der Waals surface area contributed by atoms with Crippen LogP contribution in [0.1, 0.15) is 15.9 Å². The van der Waals surface area contributed by atoms with Gasteiger partial charge in [0.2, 0.25) is 0 Å². The summed E-state index contributed by atoms with van der Waals surface area (Å²) in [7, 11) is 1.65. The molecule has 2 aromatic carbocycles. The fourth-order valence-corrected chi connectivity index (χ4v) is 1.65. The van der Waals surface area contributed by atoms with Gasteiger partial charge in [-0.3, -0.25) is 10.2 Å². The lowest BCUT2D eigenvalue weighted by molar-refractivity contribution is 0.0937. The van der Waals surface area contributed by atoms with Gasteiger partial charge in [0.05, 0.1) is 0 Å². The molecule has 0 radical (unpaired) electrons. The van der Waals surface area contributed by atoms with Gasteiger partial charge >= 0.3 is 0 Å². The number of carbonyl (C=O) groups excluding carboxylic acids is 1. The molecule has 0 aromatic heterocycles. The number of amides is 1. The van der Waals surface area contributed by atoms with Gasteiger partial charge in [0.1, 0.15) is 12.4 Å². The fraction of sp³-hybridized carbons (Fsp3) is 0.133. The molecule has 0 aliphatic rings. The minimum absolute atomic E-state index is 0.187. The van der Waals surface area contributed by atoms with Crippen molar-refractivity contribution in [1.82, 2.24) is 10.9 Å². The lowest BCUT2D eigenvalue weighted by Gasteiger charge is -2.08. The summed E-state index contributed by atoms with van der Waals surface area (Å²) in [6.45, 7) is 0.484. The van der Waals surface area contributed by atoms with E-state index in [0.29, 0.717) is 17.9 Å². The summed E-state index contributed by atoms with van der Waals surface area (Å²) in [5.41, 5.74) is 6.77. The van der Waals surface area contributed by atoms with Crippen LogP contribution in [-0.2, 0) is 6.61 Å². The molecule has 0 spiro atoms. The Labute approximate surface area is 112 Å². The molecule has 2 rings (SSSR count). The monoisotopic (exact) mass is 256 g/mol. The third-order valence-electron chi connectivity index (χ3n) is 2.58. The van der Waals surface area contributed by atoms with Gasteiger partial charge in [-0.2, -0.15) is 0 Å². The highest BCUT2D eigenvalue weighted by molar-refractivity contribution is 5.94. The number of hydrogen-bond donors (Lipinski definition) is 2. The lowest BCUT2D eigenvalue weighted by atomic mass is 10.2. The second-order valence-electron chi connectivity index (χ2n) is 4.01. The molecule has 0 heterocycles. The van der Waals surface area contributed by atoms with Crippen molar-refractivity contribution >= 4 is 5.91 Å². The van der Waals surface area contributed by atoms with Crippen molar-refractivity contribution in [2.24, 2.45) is 0 Å². The van der Waals surface area contributed by atoms with Gasteiger partial charge in [0.15, 0.2) is 0 Å². The van der Waals surface area contributed by atoms with E-state index >= 15 is 0 Å². The van der Waals surface area contributed by atoms with Gasteiger partial charge in [0.25, 0.3) is 5.91 Å². The summed E-state index contributed by atoms with van der Waals surface area (Å²) in [5.74, 6) is 0.486. The van der Waals surface area contributed by atoms with E-state index in [-0.39, 0.29) is 5.91 Å². The number of rotatable bonds is 5. The van der Waals surface area contributed by atoms with Crippen molar-refractivity contribution in [1.29, 1.82) is 0 Å². The molecule has 0 unspecified atom stereocenters. The number of hydrazine groups is 1. The van der Waals surface area contributed by atoms with E-state index < -0.39 is 0 Å². The van der Waals surface area contributed by atoms with Crippen molar-refractivity contribution in [3.8, 4) is 5.75 Å². The van der Waals surface area contributed by atoms with Crippen LogP contribution >= 0.6 is 0 Å². The maximum absolute atomic E-state index is 11.6. The Morgan fingerprint density at radius 2 is 1.89 bits per heavy atom. The average molecular weight is 256 g/mol. The minimum Gasteiger partial charge on any atom is -0.489 e. The first-order valence-corrected chi connectivity index (χ1v) is 6.03. The Morgan fingerprint density at radius 3 is 2.63 bits per heavy atom. The molecule has 19 heavy (non-hydrogen) atoms. The third kappa shape index (κ3) is 3.82. The molecule has 1 amide bonds. The van der Waals surface area contributed by atoms with Crippen LogP contribution in [0.4, 0.5) is 0 Å². The van der Waals surface area contributed by atoms with E-state index in [1.807, 2.05) is 36.4 Å². The summed E-state index contributed by atoms with van der Waals surface area (Å²) in [5, 5.41) is 0. The normalized spacial score (nSPS) is 9.95.